The van der Waals surface area contributed by atoms with Crippen molar-refractivity contribution in [2.75, 3.05) is 12.8 Å². The minimum Gasteiger partial charge on any atom is -0.495 e. The maximum Gasteiger partial charge on any atom is 0.137 e. The lowest BCUT2D eigenvalue weighted by Gasteiger charge is -2.08. The van der Waals surface area contributed by atoms with Gasteiger partial charge in [0, 0.05) is 18.0 Å². The predicted molar refractivity (Wildman–Crippen MR) is 85.9 cm³/mol. The van der Waals surface area contributed by atoms with Crippen LogP contribution in [0.4, 0.5) is 5.82 Å². The van der Waals surface area contributed by atoms with E-state index in [0.29, 0.717) is 16.7 Å². The fourth-order valence-corrected chi connectivity index (χ4v) is 2.88. The van der Waals surface area contributed by atoms with E-state index in [1.54, 1.807) is 7.11 Å². The van der Waals surface area contributed by atoms with E-state index in [0.717, 1.165) is 35.9 Å². The summed E-state index contributed by atoms with van der Waals surface area (Å²) >= 11 is 6.21. The van der Waals surface area contributed by atoms with Gasteiger partial charge in [0.25, 0.3) is 0 Å². The molecule has 2 N–H and O–H groups in total. The zero-order valence-electron chi connectivity index (χ0n) is 12.4. The Morgan fingerprint density at radius 2 is 2.19 bits per heavy atom. The SMILES string of the molecule is CCCn1c(C2CC2)nc(-c2ccc(OC)c(Cl)c2)c1N. The first-order valence-electron chi connectivity index (χ1n) is 7.35. The topological polar surface area (TPSA) is 53.1 Å². The Kier molecular flexibility index (Phi) is 3.81. The van der Waals surface area contributed by atoms with E-state index in [2.05, 4.69) is 11.5 Å². The first-order chi connectivity index (χ1) is 10.2. The molecule has 21 heavy (non-hydrogen) atoms. The van der Waals surface area contributed by atoms with Crippen LogP contribution in [-0.4, -0.2) is 16.7 Å². The Hall–Kier alpha value is -1.68. The lowest BCUT2D eigenvalue weighted by molar-refractivity contribution is 0.415. The van der Waals surface area contributed by atoms with Crippen LogP contribution in [0.3, 0.4) is 0 Å². The van der Waals surface area contributed by atoms with E-state index in [9.17, 15) is 0 Å². The summed E-state index contributed by atoms with van der Waals surface area (Å²) in [5.74, 6) is 3.09. The number of imidazole rings is 1. The van der Waals surface area contributed by atoms with E-state index in [1.165, 1.54) is 12.8 Å². The third-order valence-corrected chi connectivity index (χ3v) is 4.15. The molecule has 3 rings (SSSR count). The number of nitrogens with zero attached hydrogens (tertiary/aromatic N) is 2. The van der Waals surface area contributed by atoms with Crippen LogP contribution in [-0.2, 0) is 6.54 Å². The summed E-state index contributed by atoms with van der Waals surface area (Å²) in [5, 5.41) is 0.576. The number of aromatic nitrogens is 2. The molecule has 0 unspecified atom stereocenters. The molecule has 0 spiro atoms. The summed E-state index contributed by atoms with van der Waals surface area (Å²) in [7, 11) is 1.61. The number of hydrogen-bond acceptors (Lipinski definition) is 3. The van der Waals surface area contributed by atoms with Crippen molar-refractivity contribution in [2.24, 2.45) is 0 Å². The highest BCUT2D eigenvalue weighted by molar-refractivity contribution is 6.32. The summed E-state index contributed by atoms with van der Waals surface area (Å²) in [5.41, 5.74) is 8.10. The number of anilines is 1. The lowest BCUT2D eigenvalue weighted by atomic mass is 10.1. The first kappa shape index (κ1) is 14.3. The monoisotopic (exact) mass is 305 g/mol. The predicted octanol–water partition coefficient (Wildman–Crippen LogP) is 4.08. The fraction of sp³-hybridized carbons (Fsp3) is 0.438. The van der Waals surface area contributed by atoms with Crippen LogP contribution < -0.4 is 10.5 Å². The Morgan fingerprint density at radius 1 is 1.43 bits per heavy atom. The Balaban J connectivity index is 2.05. The van der Waals surface area contributed by atoms with E-state index >= 15 is 0 Å². The van der Waals surface area contributed by atoms with Gasteiger partial charge in [-0.3, -0.25) is 0 Å². The lowest BCUT2D eigenvalue weighted by Crippen LogP contribution is -2.06. The first-order valence-corrected chi connectivity index (χ1v) is 7.73. The van der Waals surface area contributed by atoms with E-state index in [-0.39, 0.29) is 0 Å². The quantitative estimate of drug-likeness (QED) is 0.905. The molecule has 1 saturated carbocycles. The second kappa shape index (κ2) is 5.60. The van der Waals surface area contributed by atoms with Gasteiger partial charge in [-0.05, 0) is 37.5 Å². The van der Waals surface area contributed by atoms with E-state index < -0.39 is 0 Å². The van der Waals surface area contributed by atoms with Gasteiger partial charge in [-0.2, -0.15) is 0 Å². The van der Waals surface area contributed by atoms with Crippen LogP contribution in [0.25, 0.3) is 11.3 Å². The highest BCUT2D eigenvalue weighted by atomic mass is 35.5. The Labute approximate surface area is 129 Å². The summed E-state index contributed by atoms with van der Waals surface area (Å²) in [6, 6.07) is 5.68. The molecular weight excluding hydrogens is 286 g/mol. The fourth-order valence-electron chi connectivity index (χ4n) is 2.62. The van der Waals surface area contributed by atoms with Crippen molar-refractivity contribution in [2.45, 2.75) is 38.6 Å². The minimum atomic E-state index is 0.571. The molecule has 0 atom stereocenters. The summed E-state index contributed by atoms with van der Waals surface area (Å²) in [6.07, 6.45) is 3.47. The van der Waals surface area contributed by atoms with Crippen LogP contribution in [0.5, 0.6) is 5.75 Å². The molecule has 1 aliphatic carbocycles. The number of methoxy groups -OCH3 is 1. The van der Waals surface area contributed by atoms with Crippen molar-refractivity contribution >= 4 is 17.4 Å². The van der Waals surface area contributed by atoms with Crippen molar-refractivity contribution in [3.05, 3.63) is 29.0 Å². The van der Waals surface area contributed by atoms with Gasteiger partial charge >= 0.3 is 0 Å². The van der Waals surface area contributed by atoms with E-state index in [4.69, 9.17) is 27.1 Å². The van der Waals surface area contributed by atoms with Gasteiger partial charge in [-0.1, -0.05) is 18.5 Å². The van der Waals surface area contributed by atoms with Crippen LogP contribution in [0, 0.1) is 0 Å². The number of benzene rings is 1. The number of ether oxygens (including phenoxy) is 1. The number of rotatable bonds is 5. The number of halogens is 1. The van der Waals surface area contributed by atoms with Crippen molar-refractivity contribution in [1.29, 1.82) is 0 Å². The second-order valence-electron chi connectivity index (χ2n) is 5.48. The van der Waals surface area contributed by atoms with Crippen molar-refractivity contribution in [3.8, 4) is 17.0 Å². The molecule has 0 saturated heterocycles. The maximum absolute atomic E-state index is 6.33. The minimum absolute atomic E-state index is 0.571. The number of nitrogens with two attached hydrogens (primary N) is 1. The highest BCUT2D eigenvalue weighted by Crippen LogP contribution is 2.42. The van der Waals surface area contributed by atoms with Gasteiger partial charge in [0.1, 0.15) is 23.1 Å². The zero-order chi connectivity index (χ0) is 15.0. The van der Waals surface area contributed by atoms with Gasteiger partial charge in [0.15, 0.2) is 0 Å². The van der Waals surface area contributed by atoms with Crippen LogP contribution in [0.15, 0.2) is 18.2 Å². The molecule has 0 aliphatic heterocycles. The van der Waals surface area contributed by atoms with Crippen molar-refractivity contribution in [1.82, 2.24) is 9.55 Å². The van der Waals surface area contributed by atoms with Crippen LogP contribution >= 0.6 is 11.6 Å². The van der Waals surface area contributed by atoms with E-state index in [1.807, 2.05) is 18.2 Å². The van der Waals surface area contributed by atoms with Gasteiger partial charge in [0.05, 0.1) is 12.1 Å². The normalized spacial score (nSPS) is 14.4. The summed E-state index contributed by atoms with van der Waals surface area (Å²) in [4.78, 5) is 4.80. The summed E-state index contributed by atoms with van der Waals surface area (Å²) < 4.78 is 7.35. The average Bonchev–Trinajstić information content (AvgIpc) is 3.26. The molecular formula is C16H20ClN3O. The van der Waals surface area contributed by atoms with Gasteiger partial charge in [-0.15, -0.1) is 0 Å². The molecule has 4 nitrogen and oxygen atoms in total. The molecule has 1 aliphatic rings. The molecule has 0 radical (unpaired) electrons. The average molecular weight is 306 g/mol. The molecule has 1 fully saturated rings. The van der Waals surface area contributed by atoms with Crippen LogP contribution in [0.1, 0.15) is 37.9 Å². The van der Waals surface area contributed by atoms with Gasteiger partial charge in [-0.25, -0.2) is 4.98 Å². The molecule has 1 heterocycles. The van der Waals surface area contributed by atoms with Crippen molar-refractivity contribution in [3.63, 3.8) is 0 Å². The molecule has 2 aromatic rings. The largest absolute Gasteiger partial charge is 0.495 e. The van der Waals surface area contributed by atoms with Crippen molar-refractivity contribution < 1.29 is 4.74 Å². The molecule has 1 aromatic carbocycles. The smallest absolute Gasteiger partial charge is 0.137 e. The van der Waals surface area contributed by atoms with Gasteiger partial charge in [0.2, 0.25) is 0 Å². The molecule has 5 heteroatoms. The Morgan fingerprint density at radius 3 is 2.76 bits per heavy atom. The van der Waals surface area contributed by atoms with Crippen LogP contribution in [0.2, 0.25) is 5.02 Å². The highest BCUT2D eigenvalue weighted by Gasteiger charge is 2.30. The summed E-state index contributed by atoms with van der Waals surface area (Å²) in [6.45, 7) is 3.06. The third kappa shape index (κ3) is 2.60. The molecule has 0 bridgehead atoms. The number of nitrogen functional groups attached to an aromatic ring is 1. The maximum atomic E-state index is 6.33. The molecule has 112 valence electrons. The third-order valence-electron chi connectivity index (χ3n) is 3.85. The van der Waals surface area contributed by atoms with Gasteiger partial charge < -0.3 is 15.0 Å². The molecule has 1 aromatic heterocycles. The standard InChI is InChI=1S/C16H20ClN3O/c1-3-8-20-15(18)14(19-16(20)10-4-5-10)11-6-7-13(21-2)12(17)9-11/h6-7,9-10H,3-5,8,18H2,1-2H3. The number of hydrogen-bond donors (Lipinski definition) is 1. The second-order valence-corrected chi connectivity index (χ2v) is 5.89. The zero-order valence-corrected chi connectivity index (χ0v) is 13.2. The Bertz CT molecular complexity index is 662. The molecule has 0 amide bonds.